The topological polar surface area (TPSA) is 63.5 Å². The molecule has 4 rings (SSSR count). The monoisotopic (exact) mass is 353 g/mol. The number of benzene rings is 1. The van der Waals surface area contributed by atoms with Crippen LogP contribution in [0.5, 0.6) is 0 Å². The lowest BCUT2D eigenvalue weighted by Crippen LogP contribution is -2.31. The van der Waals surface area contributed by atoms with E-state index in [0.717, 1.165) is 42.5 Å². The summed E-state index contributed by atoms with van der Waals surface area (Å²) in [6.45, 7) is 2.40. The molecule has 1 amide bonds. The number of nitrogens with zero attached hydrogens (tertiary/aromatic N) is 2. The summed E-state index contributed by atoms with van der Waals surface area (Å²) in [6.07, 6.45) is 5.52. The van der Waals surface area contributed by atoms with Crippen LogP contribution in [0.4, 0.5) is 0 Å². The van der Waals surface area contributed by atoms with Gasteiger partial charge in [0.2, 0.25) is 0 Å². The van der Waals surface area contributed by atoms with Gasteiger partial charge in [0.1, 0.15) is 5.56 Å². The van der Waals surface area contributed by atoms with Crippen LogP contribution in [0.15, 0.2) is 35.3 Å². The predicted molar refractivity (Wildman–Crippen MR) is 98.3 cm³/mol. The highest BCUT2D eigenvalue weighted by Gasteiger charge is 2.21. The summed E-state index contributed by atoms with van der Waals surface area (Å²) in [5.74, 6) is -0.370. The van der Waals surface area contributed by atoms with Gasteiger partial charge in [0.25, 0.3) is 11.5 Å². The van der Waals surface area contributed by atoms with E-state index < -0.39 is 0 Å². The zero-order valence-corrected chi connectivity index (χ0v) is 14.9. The quantitative estimate of drug-likeness (QED) is 0.787. The summed E-state index contributed by atoms with van der Waals surface area (Å²) in [4.78, 5) is 31.7. The average molecular weight is 353 g/mol. The second-order valence-corrected chi connectivity index (χ2v) is 7.45. The average Bonchev–Trinajstić information content (AvgIpc) is 3.00. The molecule has 2 aromatic heterocycles. The number of hydrogen-bond donors (Lipinski definition) is 1. The van der Waals surface area contributed by atoms with Crippen LogP contribution in [-0.4, -0.2) is 15.3 Å². The Balaban J connectivity index is 1.65. The van der Waals surface area contributed by atoms with E-state index in [0.29, 0.717) is 11.5 Å². The Hall–Kier alpha value is -2.47. The van der Waals surface area contributed by atoms with Crippen molar-refractivity contribution in [2.45, 2.75) is 39.2 Å². The lowest BCUT2D eigenvalue weighted by molar-refractivity contribution is 0.0949. The van der Waals surface area contributed by atoms with Crippen LogP contribution in [0.25, 0.3) is 4.96 Å². The second kappa shape index (κ2) is 6.44. The van der Waals surface area contributed by atoms with Crippen LogP contribution in [0.1, 0.15) is 44.9 Å². The van der Waals surface area contributed by atoms with Gasteiger partial charge in [0, 0.05) is 23.3 Å². The molecule has 3 aromatic rings. The largest absolute Gasteiger partial charge is 0.348 e. The molecule has 5 nitrogen and oxygen atoms in total. The number of carbonyl (C=O) groups is 1. The van der Waals surface area contributed by atoms with Crippen molar-refractivity contribution in [2.24, 2.45) is 0 Å². The summed E-state index contributed by atoms with van der Waals surface area (Å²) < 4.78 is 1.64. The Kier molecular flexibility index (Phi) is 4.13. The first kappa shape index (κ1) is 16.0. The maximum absolute atomic E-state index is 12.9. The molecule has 0 aliphatic heterocycles. The standard InChI is InChI=1S/C19H19N3O2S/c1-12-6-2-3-7-13(12)10-20-17(23)14-11-21-19-22(18(14)24)15-8-4-5-9-16(15)25-19/h2-3,6-7,11H,4-5,8-10H2,1H3,(H,20,23). The van der Waals surface area contributed by atoms with Gasteiger partial charge in [0.15, 0.2) is 4.96 Å². The number of fused-ring (bicyclic) bond motifs is 3. The van der Waals surface area contributed by atoms with Gasteiger partial charge in [-0.05, 0) is 43.7 Å². The van der Waals surface area contributed by atoms with Gasteiger partial charge >= 0.3 is 0 Å². The zero-order valence-electron chi connectivity index (χ0n) is 14.0. The van der Waals surface area contributed by atoms with Crippen molar-refractivity contribution in [3.05, 3.63) is 68.1 Å². The van der Waals surface area contributed by atoms with Crippen molar-refractivity contribution in [1.29, 1.82) is 0 Å². The molecule has 0 fully saturated rings. The van der Waals surface area contributed by atoms with Gasteiger partial charge in [0.05, 0.1) is 0 Å². The summed E-state index contributed by atoms with van der Waals surface area (Å²) in [5.41, 5.74) is 3.04. The fourth-order valence-electron chi connectivity index (χ4n) is 3.30. The van der Waals surface area contributed by atoms with Gasteiger partial charge in [-0.25, -0.2) is 4.98 Å². The van der Waals surface area contributed by atoms with Crippen molar-refractivity contribution in [3.63, 3.8) is 0 Å². The van der Waals surface area contributed by atoms with Crippen molar-refractivity contribution in [3.8, 4) is 0 Å². The van der Waals surface area contributed by atoms with Gasteiger partial charge in [-0.1, -0.05) is 24.3 Å². The highest BCUT2D eigenvalue weighted by Crippen LogP contribution is 2.28. The minimum absolute atomic E-state index is 0.109. The fourth-order valence-corrected chi connectivity index (χ4v) is 4.47. The number of aryl methyl sites for hydroxylation is 3. The van der Waals surface area contributed by atoms with Crippen LogP contribution in [0.2, 0.25) is 0 Å². The third kappa shape index (κ3) is 2.87. The molecule has 6 heteroatoms. The van der Waals surface area contributed by atoms with E-state index >= 15 is 0 Å². The molecule has 0 unspecified atom stereocenters. The molecule has 25 heavy (non-hydrogen) atoms. The number of hydrogen-bond acceptors (Lipinski definition) is 4. The Labute approximate surface area is 149 Å². The van der Waals surface area contributed by atoms with Crippen LogP contribution >= 0.6 is 11.3 Å². The lowest BCUT2D eigenvalue weighted by Gasteiger charge is -2.11. The van der Waals surface area contributed by atoms with E-state index in [4.69, 9.17) is 0 Å². The minimum Gasteiger partial charge on any atom is -0.348 e. The molecule has 128 valence electrons. The van der Waals surface area contributed by atoms with Crippen molar-refractivity contribution >= 4 is 22.2 Å². The normalized spacial score (nSPS) is 13.6. The van der Waals surface area contributed by atoms with E-state index in [2.05, 4.69) is 10.3 Å². The molecular weight excluding hydrogens is 334 g/mol. The number of aromatic nitrogens is 2. The molecule has 1 aromatic carbocycles. The SMILES string of the molecule is Cc1ccccc1CNC(=O)c1cnc2sc3c(n2c1=O)CCCC3. The van der Waals surface area contributed by atoms with Crippen LogP contribution in [-0.2, 0) is 19.4 Å². The molecule has 0 saturated heterocycles. The van der Waals surface area contributed by atoms with Crippen LogP contribution in [0.3, 0.4) is 0 Å². The second-order valence-electron chi connectivity index (χ2n) is 6.38. The molecule has 0 saturated carbocycles. The molecule has 0 atom stereocenters. The molecular formula is C19H19N3O2S. The number of thiazole rings is 1. The highest BCUT2D eigenvalue weighted by molar-refractivity contribution is 7.17. The lowest BCUT2D eigenvalue weighted by atomic mass is 10.0. The molecule has 1 N–H and O–H groups in total. The number of carbonyl (C=O) groups excluding carboxylic acids is 1. The summed E-state index contributed by atoms with van der Waals surface area (Å²) in [5, 5.41) is 2.84. The predicted octanol–water partition coefficient (Wildman–Crippen LogP) is 2.87. The van der Waals surface area contributed by atoms with Gasteiger partial charge < -0.3 is 5.32 Å². The Morgan fingerprint density at radius 1 is 1.28 bits per heavy atom. The zero-order chi connectivity index (χ0) is 17.4. The molecule has 0 radical (unpaired) electrons. The maximum atomic E-state index is 12.9. The van der Waals surface area contributed by atoms with Crippen molar-refractivity contribution < 1.29 is 4.79 Å². The van der Waals surface area contributed by atoms with Gasteiger partial charge in [-0.3, -0.25) is 14.0 Å². The third-order valence-electron chi connectivity index (χ3n) is 4.75. The Morgan fingerprint density at radius 2 is 2.08 bits per heavy atom. The molecule has 0 bridgehead atoms. The summed E-state index contributed by atoms with van der Waals surface area (Å²) in [6, 6.07) is 7.88. The fraction of sp³-hybridized carbons (Fsp3) is 0.316. The van der Waals surface area contributed by atoms with E-state index in [1.807, 2.05) is 31.2 Å². The van der Waals surface area contributed by atoms with E-state index in [1.54, 1.807) is 15.7 Å². The Bertz CT molecular complexity index is 1020. The first-order chi connectivity index (χ1) is 12.1. The van der Waals surface area contributed by atoms with E-state index in [1.165, 1.54) is 11.1 Å². The number of nitrogens with one attached hydrogen (secondary N) is 1. The van der Waals surface area contributed by atoms with E-state index in [9.17, 15) is 9.59 Å². The molecule has 1 aliphatic rings. The first-order valence-electron chi connectivity index (χ1n) is 8.50. The van der Waals surface area contributed by atoms with Crippen molar-refractivity contribution in [2.75, 3.05) is 0 Å². The third-order valence-corrected chi connectivity index (χ3v) is 5.90. The molecule has 0 spiro atoms. The number of rotatable bonds is 3. The maximum Gasteiger partial charge on any atom is 0.271 e. The Morgan fingerprint density at radius 3 is 2.92 bits per heavy atom. The van der Waals surface area contributed by atoms with E-state index in [-0.39, 0.29) is 17.0 Å². The molecule has 1 aliphatic carbocycles. The summed E-state index contributed by atoms with van der Waals surface area (Å²) >= 11 is 1.57. The summed E-state index contributed by atoms with van der Waals surface area (Å²) in [7, 11) is 0. The first-order valence-corrected chi connectivity index (χ1v) is 9.32. The van der Waals surface area contributed by atoms with Crippen molar-refractivity contribution in [1.82, 2.24) is 14.7 Å². The highest BCUT2D eigenvalue weighted by atomic mass is 32.1. The van der Waals surface area contributed by atoms with Crippen LogP contribution < -0.4 is 10.9 Å². The number of amides is 1. The minimum atomic E-state index is -0.370. The molecule has 2 heterocycles. The van der Waals surface area contributed by atoms with Gasteiger partial charge in [-0.2, -0.15) is 0 Å². The van der Waals surface area contributed by atoms with Crippen LogP contribution in [0, 0.1) is 6.92 Å². The smallest absolute Gasteiger partial charge is 0.271 e. The van der Waals surface area contributed by atoms with Gasteiger partial charge in [-0.15, -0.1) is 11.3 Å².